The number of carbonyl (C=O) groups is 1. The molecule has 3 aromatic carbocycles. The number of pyridine rings is 1. The molecule has 0 radical (unpaired) electrons. The maximum atomic E-state index is 11.6. The van der Waals surface area contributed by atoms with Gasteiger partial charge in [-0.15, -0.1) is 0 Å². The van der Waals surface area contributed by atoms with E-state index in [9.17, 15) is 9.90 Å². The minimum Gasteiger partial charge on any atom is -0.478 e. The largest absolute Gasteiger partial charge is 0.478 e. The second kappa shape index (κ2) is 7.18. The molecule has 0 spiro atoms. The van der Waals surface area contributed by atoms with Gasteiger partial charge in [-0.05, 0) is 48.0 Å². The first kappa shape index (κ1) is 18.7. The average Bonchev–Trinajstić information content (AvgIpc) is 3.13. The van der Waals surface area contributed by atoms with Crippen LogP contribution in [0.25, 0.3) is 38.6 Å². The minimum absolute atomic E-state index is 0.237. The van der Waals surface area contributed by atoms with Gasteiger partial charge in [0.2, 0.25) is 0 Å². The van der Waals surface area contributed by atoms with Crippen molar-refractivity contribution in [2.45, 2.75) is 0 Å². The molecule has 0 unspecified atom stereocenters. The van der Waals surface area contributed by atoms with Gasteiger partial charge in [0.25, 0.3) is 0 Å². The zero-order chi connectivity index (χ0) is 21.5. The van der Waals surface area contributed by atoms with Crippen molar-refractivity contribution < 1.29 is 9.90 Å². The van der Waals surface area contributed by atoms with E-state index in [1.165, 1.54) is 0 Å². The zero-order valence-corrected chi connectivity index (χ0v) is 16.8. The third-order valence-electron chi connectivity index (χ3n) is 5.56. The molecule has 2 aromatic heterocycles. The molecule has 0 aliphatic heterocycles. The van der Waals surface area contributed by atoms with Crippen LogP contribution < -0.4 is 11.1 Å². The second-order valence-corrected chi connectivity index (χ2v) is 7.31. The summed E-state index contributed by atoms with van der Waals surface area (Å²) >= 11 is 0. The lowest BCUT2D eigenvalue weighted by molar-refractivity contribution is 0.0698. The molecule has 0 saturated carbocycles. The molecule has 2 heterocycles. The zero-order valence-electron chi connectivity index (χ0n) is 16.8. The molecule has 5 rings (SSSR count). The van der Waals surface area contributed by atoms with E-state index in [0.717, 1.165) is 38.6 Å². The predicted octanol–water partition coefficient (Wildman–Crippen LogP) is 5.17. The van der Waals surface area contributed by atoms with Crippen molar-refractivity contribution in [2.24, 2.45) is 0 Å². The molecular formula is C25H20N4O2. The molecule has 31 heavy (non-hydrogen) atoms. The van der Waals surface area contributed by atoms with Crippen LogP contribution in [0.2, 0.25) is 0 Å². The van der Waals surface area contributed by atoms with Gasteiger partial charge in [-0.2, -0.15) is 0 Å². The van der Waals surface area contributed by atoms with Crippen LogP contribution in [0.15, 0.2) is 79.0 Å². The number of carboxylic acids is 1. The van der Waals surface area contributed by atoms with Crippen molar-refractivity contribution in [1.82, 2.24) is 9.55 Å². The summed E-state index contributed by atoms with van der Waals surface area (Å²) in [5.74, 6) is -0.479. The number of rotatable bonds is 4. The lowest BCUT2D eigenvalue weighted by Gasteiger charge is -2.12. The number of nitrogens with one attached hydrogen (secondary N) is 1. The Balaban J connectivity index is 1.85. The number of fused-ring (bicyclic) bond motifs is 3. The van der Waals surface area contributed by atoms with Crippen molar-refractivity contribution in [3.8, 4) is 16.8 Å². The van der Waals surface area contributed by atoms with Crippen molar-refractivity contribution >= 4 is 39.3 Å². The highest BCUT2D eigenvalue weighted by Crippen LogP contribution is 2.38. The van der Waals surface area contributed by atoms with E-state index >= 15 is 0 Å². The molecule has 0 bridgehead atoms. The van der Waals surface area contributed by atoms with Crippen LogP contribution in [0.1, 0.15) is 10.4 Å². The summed E-state index contributed by atoms with van der Waals surface area (Å²) in [5.41, 5.74) is 11.6. The van der Waals surface area contributed by atoms with E-state index in [1.54, 1.807) is 25.4 Å². The maximum absolute atomic E-state index is 11.6. The third kappa shape index (κ3) is 2.97. The molecule has 152 valence electrons. The van der Waals surface area contributed by atoms with Gasteiger partial charge in [0.05, 0.1) is 22.3 Å². The fourth-order valence-corrected chi connectivity index (χ4v) is 4.17. The van der Waals surface area contributed by atoms with Gasteiger partial charge in [-0.3, -0.25) is 0 Å². The Bertz CT molecular complexity index is 1450. The van der Waals surface area contributed by atoms with E-state index in [2.05, 4.69) is 39.1 Å². The molecule has 5 aromatic rings. The normalized spacial score (nSPS) is 11.1. The summed E-state index contributed by atoms with van der Waals surface area (Å²) in [4.78, 5) is 15.8. The number of nitrogens with two attached hydrogens (primary N) is 1. The highest BCUT2D eigenvalue weighted by Gasteiger charge is 2.17. The standard InChI is InChI=1S/C25H20N4O2/c1-27-20-13-16(10-11-18(20)25(30)31)29-21-7-3-2-5-19(21)24-17(6-4-8-22(24)29)15-9-12-23(26)28-14-15/h2-14,27H,1H3,(H2,26,28)(H,30,31). The van der Waals surface area contributed by atoms with Gasteiger partial charge in [0.1, 0.15) is 5.82 Å². The molecule has 0 saturated heterocycles. The van der Waals surface area contributed by atoms with Crippen LogP contribution in [-0.2, 0) is 0 Å². The minimum atomic E-state index is -0.962. The topological polar surface area (TPSA) is 93.2 Å². The van der Waals surface area contributed by atoms with Gasteiger partial charge < -0.3 is 20.7 Å². The molecule has 0 aliphatic rings. The number of hydrogen-bond acceptors (Lipinski definition) is 4. The van der Waals surface area contributed by atoms with Crippen LogP contribution >= 0.6 is 0 Å². The molecular weight excluding hydrogens is 388 g/mol. The van der Waals surface area contributed by atoms with Crippen molar-refractivity contribution in [3.63, 3.8) is 0 Å². The monoisotopic (exact) mass is 408 g/mol. The van der Waals surface area contributed by atoms with E-state index in [1.807, 2.05) is 36.4 Å². The molecule has 6 heteroatoms. The Hall–Kier alpha value is -4.32. The lowest BCUT2D eigenvalue weighted by Crippen LogP contribution is -2.04. The maximum Gasteiger partial charge on any atom is 0.337 e. The number of para-hydroxylation sites is 1. The van der Waals surface area contributed by atoms with Gasteiger partial charge in [-0.1, -0.05) is 30.3 Å². The van der Waals surface area contributed by atoms with Crippen LogP contribution in [0.4, 0.5) is 11.5 Å². The van der Waals surface area contributed by atoms with Gasteiger partial charge >= 0.3 is 5.97 Å². The number of benzene rings is 3. The van der Waals surface area contributed by atoms with Crippen LogP contribution in [0, 0.1) is 0 Å². The first-order valence-electron chi connectivity index (χ1n) is 9.88. The number of anilines is 2. The van der Waals surface area contributed by atoms with Crippen molar-refractivity contribution in [3.05, 3.63) is 84.6 Å². The average molecular weight is 408 g/mol. The van der Waals surface area contributed by atoms with Crippen molar-refractivity contribution in [2.75, 3.05) is 18.1 Å². The summed E-state index contributed by atoms with van der Waals surface area (Å²) in [6, 6.07) is 23.5. The summed E-state index contributed by atoms with van der Waals surface area (Å²) < 4.78 is 2.16. The molecule has 4 N–H and O–H groups in total. The summed E-state index contributed by atoms with van der Waals surface area (Å²) in [6.45, 7) is 0. The van der Waals surface area contributed by atoms with E-state index in [0.29, 0.717) is 11.5 Å². The highest BCUT2D eigenvalue weighted by atomic mass is 16.4. The van der Waals surface area contributed by atoms with Crippen LogP contribution in [0.5, 0.6) is 0 Å². The fraction of sp³-hybridized carbons (Fsp3) is 0.0400. The molecule has 0 atom stereocenters. The number of nitrogen functional groups attached to an aromatic ring is 1. The number of nitrogens with zero attached hydrogens (tertiary/aromatic N) is 2. The van der Waals surface area contributed by atoms with Gasteiger partial charge in [0, 0.05) is 35.3 Å². The Morgan fingerprint density at radius 2 is 1.81 bits per heavy atom. The summed E-state index contributed by atoms with van der Waals surface area (Å²) in [7, 11) is 1.73. The second-order valence-electron chi connectivity index (χ2n) is 7.31. The predicted molar refractivity (Wildman–Crippen MR) is 125 cm³/mol. The lowest BCUT2D eigenvalue weighted by atomic mass is 10.0. The van der Waals surface area contributed by atoms with E-state index in [4.69, 9.17) is 5.73 Å². The first-order chi connectivity index (χ1) is 15.1. The number of carboxylic acid groups (broad SMARTS) is 1. The summed E-state index contributed by atoms with van der Waals surface area (Å²) in [6.07, 6.45) is 1.79. The van der Waals surface area contributed by atoms with E-state index in [-0.39, 0.29) is 5.56 Å². The smallest absolute Gasteiger partial charge is 0.337 e. The molecule has 0 fully saturated rings. The first-order valence-corrected chi connectivity index (χ1v) is 9.88. The molecule has 6 nitrogen and oxygen atoms in total. The molecule has 0 amide bonds. The summed E-state index contributed by atoms with van der Waals surface area (Å²) in [5, 5.41) is 14.7. The SMILES string of the molecule is CNc1cc(-n2c3ccccc3c3c(-c4ccc(N)nc4)cccc32)ccc1C(=O)O. The Morgan fingerprint density at radius 3 is 2.55 bits per heavy atom. The Kier molecular flexibility index (Phi) is 4.33. The highest BCUT2D eigenvalue weighted by molar-refractivity contribution is 6.15. The Morgan fingerprint density at radius 1 is 1.00 bits per heavy atom. The van der Waals surface area contributed by atoms with Crippen LogP contribution in [0.3, 0.4) is 0 Å². The number of aromatic nitrogens is 2. The van der Waals surface area contributed by atoms with E-state index < -0.39 is 5.97 Å². The quantitative estimate of drug-likeness (QED) is 0.382. The van der Waals surface area contributed by atoms with Crippen molar-refractivity contribution in [1.29, 1.82) is 0 Å². The third-order valence-corrected chi connectivity index (χ3v) is 5.56. The Labute approximate surface area is 178 Å². The van der Waals surface area contributed by atoms with Gasteiger partial charge in [0.15, 0.2) is 0 Å². The van der Waals surface area contributed by atoms with Gasteiger partial charge in [-0.25, -0.2) is 9.78 Å². The fourth-order valence-electron chi connectivity index (χ4n) is 4.17. The molecule has 0 aliphatic carbocycles. The van der Waals surface area contributed by atoms with Crippen LogP contribution in [-0.4, -0.2) is 27.7 Å². The number of hydrogen-bond donors (Lipinski definition) is 3. The number of aromatic carboxylic acids is 1.